The van der Waals surface area contributed by atoms with Crippen LogP contribution in [0.3, 0.4) is 0 Å². The average molecular weight is 654 g/mol. The van der Waals surface area contributed by atoms with Gasteiger partial charge in [-0.3, -0.25) is 5.32 Å². The first-order chi connectivity index (χ1) is 22.1. The van der Waals surface area contributed by atoms with Crippen molar-refractivity contribution in [2.45, 2.75) is 156 Å². The number of aliphatic carboxylic acids is 1. The Hall–Kier alpha value is -1.56. The van der Waals surface area contributed by atoms with Crippen LogP contribution in [-0.4, -0.2) is 129 Å². The Labute approximate surface area is 269 Å². The summed E-state index contributed by atoms with van der Waals surface area (Å²) in [5, 5.41) is 72.9. The zero-order chi connectivity index (χ0) is 32.6. The van der Waals surface area contributed by atoms with E-state index in [-0.39, 0.29) is 36.7 Å². The molecule has 0 aromatic carbocycles. The highest BCUT2D eigenvalue weighted by Gasteiger charge is 2.61. The van der Waals surface area contributed by atoms with Crippen molar-refractivity contribution in [3.63, 3.8) is 0 Å². The number of hydrogen-bond donors (Lipinski definition) is 5. The molecule has 14 heteroatoms. The summed E-state index contributed by atoms with van der Waals surface area (Å²) >= 11 is 0. The van der Waals surface area contributed by atoms with E-state index < -0.39 is 79.0 Å². The van der Waals surface area contributed by atoms with Crippen LogP contribution in [0.1, 0.15) is 77.0 Å². The molecule has 3 aliphatic carbocycles. The van der Waals surface area contributed by atoms with E-state index in [1.807, 2.05) is 0 Å². The van der Waals surface area contributed by atoms with E-state index >= 15 is 0 Å². The minimum atomic E-state index is -2.49. The number of carboxylic acid groups (broad SMARTS) is 1. The number of ether oxygens (including phenoxy) is 5. The Kier molecular flexibility index (Phi) is 10.8. The normalized spacial score (nSPS) is 46.9. The molecule has 2 saturated heterocycles. The molecule has 3 saturated carbocycles. The molecular formula is C32H49N2O12+. The predicted octanol–water partition coefficient (Wildman–Crippen LogP) is -0.868. The molecule has 3 aliphatic heterocycles. The third-order valence-corrected chi connectivity index (χ3v) is 11.2. The van der Waals surface area contributed by atoms with E-state index in [2.05, 4.69) is 10.3 Å². The molecule has 0 bridgehead atoms. The SMILES string of the molecule is COC1CCC(C2CC(O)C3C(CC(O[C@H]4O[C@H](C(=O)[O-])[C@](O)(C[C+]5C=N[CH+][N-]5)[C@@H](O)[C@H]4O)C(OC4CCCCC4)C3O)[OH+]2)CC1. The largest absolute Gasteiger partial charge is 0.547 e. The molecule has 0 radical (unpaired) electrons. The molecule has 5 fully saturated rings. The number of carbonyl (C=O) groups excluding carboxylic acids is 1. The summed E-state index contributed by atoms with van der Waals surface area (Å²) in [7, 11) is 1.72. The van der Waals surface area contributed by atoms with Gasteiger partial charge in [0.2, 0.25) is 0 Å². The molecule has 6 aliphatic rings. The van der Waals surface area contributed by atoms with Crippen LogP contribution in [0.5, 0.6) is 0 Å². The van der Waals surface area contributed by atoms with E-state index in [1.165, 1.54) is 12.9 Å². The number of aliphatic hydroxyl groups excluding tert-OH is 4. The van der Waals surface area contributed by atoms with Gasteiger partial charge in [-0.05, 0) is 38.5 Å². The van der Waals surface area contributed by atoms with Crippen LogP contribution < -0.4 is 5.11 Å². The van der Waals surface area contributed by atoms with Gasteiger partial charge < -0.3 is 59.1 Å². The highest BCUT2D eigenvalue weighted by Crippen LogP contribution is 2.44. The third-order valence-electron chi connectivity index (χ3n) is 11.2. The minimum Gasteiger partial charge on any atom is -0.547 e. The lowest BCUT2D eigenvalue weighted by atomic mass is 9.71. The smallest absolute Gasteiger partial charge is 0.301 e. The molecule has 258 valence electrons. The highest BCUT2D eigenvalue weighted by atomic mass is 16.7. The van der Waals surface area contributed by atoms with Gasteiger partial charge in [-0.2, -0.15) is 0 Å². The Balaban J connectivity index is 1.21. The second-order valence-corrected chi connectivity index (χ2v) is 14.0. The van der Waals surface area contributed by atoms with Crippen LogP contribution in [0.25, 0.3) is 5.32 Å². The quantitative estimate of drug-likeness (QED) is 0.152. The lowest BCUT2D eigenvalue weighted by Crippen LogP contribution is -2.71. The minimum absolute atomic E-state index is 0.104. The van der Waals surface area contributed by atoms with Gasteiger partial charge in [-0.1, -0.05) is 24.3 Å². The second-order valence-electron chi connectivity index (χ2n) is 14.0. The van der Waals surface area contributed by atoms with Crippen LogP contribution in [-0.2, 0) is 23.7 Å². The van der Waals surface area contributed by atoms with Crippen molar-refractivity contribution in [1.29, 1.82) is 0 Å². The van der Waals surface area contributed by atoms with Crippen molar-refractivity contribution in [1.82, 2.24) is 0 Å². The maximum Gasteiger partial charge on any atom is 0.301 e. The molecular weight excluding hydrogens is 604 g/mol. The molecule has 14 nitrogen and oxygen atoms in total. The van der Waals surface area contributed by atoms with E-state index in [4.69, 9.17) is 23.7 Å². The summed E-state index contributed by atoms with van der Waals surface area (Å²) in [5.41, 5.74) is -2.49. The number of carboxylic acids is 1. The Morgan fingerprint density at radius 3 is 2.43 bits per heavy atom. The van der Waals surface area contributed by atoms with Gasteiger partial charge in [0.15, 0.2) is 30.1 Å². The van der Waals surface area contributed by atoms with Gasteiger partial charge in [0.25, 0.3) is 0 Å². The maximum absolute atomic E-state index is 12.2. The van der Waals surface area contributed by atoms with Crippen molar-refractivity contribution in [3.05, 3.63) is 18.0 Å². The fourth-order valence-electron chi connectivity index (χ4n) is 8.61. The number of methoxy groups -OCH3 is 1. The molecule has 0 aromatic rings. The first kappa shape index (κ1) is 34.3. The number of rotatable bonds is 9. The van der Waals surface area contributed by atoms with Crippen LogP contribution in [0, 0.1) is 24.5 Å². The Morgan fingerprint density at radius 2 is 1.78 bits per heavy atom. The lowest BCUT2D eigenvalue weighted by molar-refractivity contribution is -0.380. The van der Waals surface area contributed by atoms with Crippen LogP contribution >= 0.6 is 0 Å². The number of fused-ring (bicyclic) bond motifs is 1. The summed E-state index contributed by atoms with van der Waals surface area (Å²) in [5.74, 6) is -2.12. The number of aliphatic imine (C=N–C) groups is 1. The van der Waals surface area contributed by atoms with Crippen LogP contribution in [0.4, 0.5) is 0 Å². The second kappa shape index (κ2) is 14.5. The number of carbonyl (C=O) groups is 1. The fraction of sp³-hybridized carbons (Fsp3) is 0.875. The number of nitrogens with zero attached hydrogens (tertiary/aromatic N) is 2. The van der Waals surface area contributed by atoms with E-state index in [9.17, 15) is 35.4 Å². The van der Waals surface area contributed by atoms with Gasteiger partial charge in [-0.25, -0.2) is 0 Å². The van der Waals surface area contributed by atoms with E-state index in [1.54, 1.807) is 7.11 Å². The lowest BCUT2D eigenvalue weighted by Gasteiger charge is -2.51. The summed E-state index contributed by atoms with van der Waals surface area (Å²) in [6, 6.07) is 0.188. The van der Waals surface area contributed by atoms with Gasteiger partial charge in [-0.15, -0.1) is 0 Å². The van der Waals surface area contributed by atoms with Gasteiger partial charge in [0, 0.05) is 25.9 Å². The molecule has 7 unspecified atom stereocenters. The molecule has 0 spiro atoms. The third kappa shape index (κ3) is 6.95. The maximum atomic E-state index is 12.2. The standard InChI is InChI=1S/C32H48N2O12/c1-42-18-9-7-16(8-10-18)21-11-20(35)24-22(44-21)12-23(27(25(24)36)43-19-5-3-2-4-6-19)45-31-26(37)28(38)32(41,29(46-31)30(39)40)13-17-14-33-15-34-17/h14-16,18-29,31,35-38,41H,2-13H2,1H3/p+1/t16?,18?,20?,21?,22?,23?,24?,25?,26-,27?,28+,29-,31+,32+/m1/s1. The zero-order valence-electron chi connectivity index (χ0n) is 26.3. The van der Waals surface area contributed by atoms with Crippen molar-refractivity contribution >= 4 is 12.2 Å². The molecule has 12 atom stereocenters. The van der Waals surface area contributed by atoms with Crippen LogP contribution in [0.15, 0.2) is 4.99 Å². The molecule has 0 amide bonds. The Bertz CT molecular complexity index is 1050. The zero-order valence-corrected chi connectivity index (χ0v) is 26.3. The Morgan fingerprint density at radius 1 is 1.04 bits per heavy atom. The number of aliphatic hydroxyl groups is 7. The molecule has 6 N–H and O–H groups in total. The van der Waals surface area contributed by atoms with Crippen molar-refractivity contribution in [2.24, 2.45) is 16.8 Å². The molecule has 3 heterocycles. The summed E-state index contributed by atoms with van der Waals surface area (Å²) in [6.45, 7) is 1.21. The van der Waals surface area contributed by atoms with E-state index in [0.29, 0.717) is 6.42 Å². The average Bonchev–Trinajstić information content (AvgIpc) is 3.56. The number of hydrogen-bond acceptors (Lipinski definition) is 12. The summed E-state index contributed by atoms with van der Waals surface area (Å²) < 4.78 is 29.0. The first-order valence-corrected chi connectivity index (χ1v) is 16.8. The topological polar surface area (TPSA) is 217 Å². The molecule has 0 aromatic heterocycles. The molecule has 6 rings (SSSR count). The van der Waals surface area contributed by atoms with Gasteiger partial charge in [0.05, 0.1) is 49.1 Å². The van der Waals surface area contributed by atoms with Gasteiger partial charge >= 0.3 is 6.21 Å². The highest BCUT2D eigenvalue weighted by molar-refractivity contribution is 5.82. The fourth-order valence-corrected chi connectivity index (χ4v) is 8.61. The van der Waals surface area contributed by atoms with Crippen molar-refractivity contribution in [2.75, 3.05) is 7.11 Å². The van der Waals surface area contributed by atoms with Crippen molar-refractivity contribution < 1.29 is 59.1 Å². The summed E-state index contributed by atoms with van der Waals surface area (Å²) in [4.78, 5) is 16.0. The first-order valence-electron chi connectivity index (χ1n) is 16.8. The molecule has 46 heavy (non-hydrogen) atoms. The van der Waals surface area contributed by atoms with Crippen LogP contribution in [0.2, 0.25) is 0 Å². The van der Waals surface area contributed by atoms with Gasteiger partial charge in [0.1, 0.15) is 30.8 Å². The van der Waals surface area contributed by atoms with E-state index in [0.717, 1.165) is 57.8 Å². The summed E-state index contributed by atoms with van der Waals surface area (Å²) in [6.07, 6.45) is -2.19. The monoisotopic (exact) mass is 653 g/mol. The van der Waals surface area contributed by atoms with Crippen molar-refractivity contribution in [3.8, 4) is 0 Å². The predicted molar refractivity (Wildman–Crippen MR) is 159 cm³/mol.